The Morgan fingerprint density at radius 1 is 1.35 bits per heavy atom. The van der Waals surface area contributed by atoms with Crippen LogP contribution < -0.4 is 10.1 Å². The average Bonchev–Trinajstić information content (AvgIpc) is 3.20. The lowest BCUT2D eigenvalue weighted by Crippen LogP contribution is -2.34. The summed E-state index contributed by atoms with van der Waals surface area (Å²) in [6.07, 6.45) is 1.51. The van der Waals surface area contributed by atoms with Gasteiger partial charge < -0.3 is 15.2 Å². The molecule has 108 valence electrons. The smallest absolute Gasteiger partial charge is 0.311 e. The highest BCUT2D eigenvalue weighted by atomic mass is 16.5. The molecule has 0 saturated heterocycles. The zero-order chi connectivity index (χ0) is 14.6. The summed E-state index contributed by atoms with van der Waals surface area (Å²) >= 11 is 0. The summed E-state index contributed by atoms with van der Waals surface area (Å²) in [5.74, 6) is -0.232. The first-order valence-electron chi connectivity index (χ1n) is 6.72. The maximum atomic E-state index is 11.6. The lowest BCUT2D eigenvalue weighted by atomic mass is 10.1. The van der Waals surface area contributed by atoms with E-state index in [1.165, 1.54) is 0 Å². The molecule has 0 aliphatic heterocycles. The van der Waals surface area contributed by atoms with E-state index in [2.05, 4.69) is 5.32 Å². The summed E-state index contributed by atoms with van der Waals surface area (Å²) in [6, 6.07) is 7.61. The van der Waals surface area contributed by atoms with Crippen molar-refractivity contribution in [3.05, 3.63) is 29.8 Å². The third kappa shape index (κ3) is 3.50. The van der Waals surface area contributed by atoms with E-state index >= 15 is 0 Å². The summed E-state index contributed by atoms with van der Waals surface area (Å²) in [4.78, 5) is 22.6. The van der Waals surface area contributed by atoms with Gasteiger partial charge in [0.15, 0.2) is 0 Å². The van der Waals surface area contributed by atoms with Gasteiger partial charge in [-0.3, -0.25) is 9.59 Å². The summed E-state index contributed by atoms with van der Waals surface area (Å²) in [5.41, 5.74) is 0.308. The van der Waals surface area contributed by atoms with E-state index < -0.39 is 11.4 Å². The number of carboxylic acids is 1. The summed E-state index contributed by atoms with van der Waals surface area (Å²) < 4.78 is 5.53. The molecule has 0 heterocycles. The third-order valence-electron chi connectivity index (χ3n) is 3.61. The van der Waals surface area contributed by atoms with Crippen molar-refractivity contribution in [3.63, 3.8) is 0 Å². The predicted molar refractivity (Wildman–Crippen MR) is 73.6 cm³/mol. The van der Waals surface area contributed by atoms with E-state index in [4.69, 9.17) is 9.84 Å². The van der Waals surface area contributed by atoms with Gasteiger partial charge in [-0.1, -0.05) is 18.2 Å². The number of hydrogen-bond donors (Lipinski definition) is 2. The Morgan fingerprint density at radius 3 is 2.65 bits per heavy atom. The number of carbonyl (C=O) groups is 2. The van der Waals surface area contributed by atoms with E-state index in [0.29, 0.717) is 12.8 Å². The number of hydrogen-bond acceptors (Lipinski definition) is 3. The molecule has 0 unspecified atom stereocenters. The highest BCUT2D eigenvalue weighted by Crippen LogP contribution is 2.45. The fourth-order valence-corrected chi connectivity index (χ4v) is 1.95. The molecular formula is C15H19NO4. The Morgan fingerprint density at radius 2 is 2.05 bits per heavy atom. The van der Waals surface area contributed by atoms with Gasteiger partial charge in [0, 0.05) is 6.54 Å². The monoisotopic (exact) mass is 277 g/mol. The number of benzene rings is 1. The van der Waals surface area contributed by atoms with Gasteiger partial charge in [-0.2, -0.15) is 0 Å². The van der Waals surface area contributed by atoms with Crippen LogP contribution in [0.4, 0.5) is 0 Å². The van der Waals surface area contributed by atoms with Gasteiger partial charge in [-0.15, -0.1) is 0 Å². The standard InChI is InChI=1S/C15H19NO4/c1-11-4-2-3-5-12(11)20-9-6-13(17)16-10-15(7-8-15)14(18)19/h2-5H,6-10H2,1H3,(H,16,17)(H,18,19). The summed E-state index contributed by atoms with van der Waals surface area (Å²) in [7, 11) is 0. The van der Waals surface area contributed by atoms with Crippen molar-refractivity contribution in [1.29, 1.82) is 0 Å². The number of aliphatic carboxylic acids is 1. The van der Waals surface area contributed by atoms with E-state index in [9.17, 15) is 9.59 Å². The number of nitrogens with one attached hydrogen (secondary N) is 1. The fourth-order valence-electron chi connectivity index (χ4n) is 1.95. The van der Waals surface area contributed by atoms with Gasteiger partial charge in [0.25, 0.3) is 0 Å². The molecule has 1 aromatic rings. The molecule has 0 radical (unpaired) electrons. The largest absolute Gasteiger partial charge is 0.493 e. The first kappa shape index (κ1) is 14.4. The molecule has 0 aromatic heterocycles. The number of para-hydroxylation sites is 1. The Bertz CT molecular complexity index is 508. The van der Waals surface area contributed by atoms with Crippen molar-refractivity contribution in [2.24, 2.45) is 5.41 Å². The molecule has 1 aliphatic rings. The number of carboxylic acid groups (broad SMARTS) is 1. The van der Waals surface area contributed by atoms with Crippen molar-refractivity contribution in [2.45, 2.75) is 26.2 Å². The van der Waals surface area contributed by atoms with Crippen molar-refractivity contribution in [3.8, 4) is 5.75 Å². The molecule has 0 bridgehead atoms. The number of aryl methyl sites for hydroxylation is 1. The molecule has 1 saturated carbocycles. The number of ether oxygens (including phenoxy) is 1. The minimum atomic E-state index is -0.825. The first-order chi connectivity index (χ1) is 9.53. The van der Waals surface area contributed by atoms with Crippen LogP contribution in [0.2, 0.25) is 0 Å². The predicted octanol–water partition coefficient (Wildman–Crippen LogP) is 1.74. The lowest BCUT2D eigenvalue weighted by molar-refractivity contribution is -0.143. The second-order valence-electron chi connectivity index (χ2n) is 5.23. The number of amides is 1. The van der Waals surface area contributed by atoms with Gasteiger partial charge in [0.2, 0.25) is 5.91 Å². The van der Waals surface area contributed by atoms with Gasteiger partial charge in [0.1, 0.15) is 5.75 Å². The van der Waals surface area contributed by atoms with Crippen LogP contribution in [-0.4, -0.2) is 30.1 Å². The Balaban J connectivity index is 1.68. The molecule has 1 aromatic carbocycles. The molecule has 2 rings (SSSR count). The van der Waals surface area contributed by atoms with Crippen LogP contribution in [0, 0.1) is 12.3 Å². The molecule has 1 fully saturated rings. The van der Waals surface area contributed by atoms with Crippen molar-refractivity contribution in [2.75, 3.05) is 13.2 Å². The second kappa shape index (κ2) is 5.94. The van der Waals surface area contributed by atoms with Crippen molar-refractivity contribution >= 4 is 11.9 Å². The second-order valence-corrected chi connectivity index (χ2v) is 5.23. The zero-order valence-electron chi connectivity index (χ0n) is 11.5. The van der Waals surface area contributed by atoms with Crippen LogP contribution in [0.5, 0.6) is 5.75 Å². The van der Waals surface area contributed by atoms with Crippen molar-refractivity contribution < 1.29 is 19.4 Å². The molecule has 0 spiro atoms. The number of rotatable bonds is 7. The molecule has 20 heavy (non-hydrogen) atoms. The van der Waals surface area contributed by atoms with Crippen LogP contribution in [0.3, 0.4) is 0 Å². The fraction of sp³-hybridized carbons (Fsp3) is 0.467. The van der Waals surface area contributed by atoms with Gasteiger partial charge in [0.05, 0.1) is 18.4 Å². The molecule has 2 N–H and O–H groups in total. The van der Waals surface area contributed by atoms with Gasteiger partial charge in [-0.05, 0) is 31.4 Å². The normalized spacial score (nSPS) is 15.4. The maximum Gasteiger partial charge on any atom is 0.311 e. The minimum absolute atomic E-state index is 0.175. The van der Waals surface area contributed by atoms with E-state index in [1.54, 1.807) is 0 Å². The third-order valence-corrected chi connectivity index (χ3v) is 3.61. The molecular weight excluding hydrogens is 258 g/mol. The van der Waals surface area contributed by atoms with Crippen LogP contribution in [0.1, 0.15) is 24.8 Å². The van der Waals surface area contributed by atoms with E-state index in [-0.39, 0.29) is 25.5 Å². The Hall–Kier alpha value is -2.04. The zero-order valence-corrected chi connectivity index (χ0v) is 11.5. The Labute approximate surface area is 117 Å². The number of carbonyl (C=O) groups excluding carboxylic acids is 1. The molecule has 1 aliphatic carbocycles. The summed E-state index contributed by atoms with van der Waals surface area (Å²) in [6.45, 7) is 2.45. The molecule has 1 amide bonds. The molecule has 5 nitrogen and oxygen atoms in total. The quantitative estimate of drug-likeness (QED) is 0.796. The molecule has 0 atom stereocenters. The molecule has 5 heteroatoms. The van der Waals surface area contributed by atoms with Crippen LogP contribution in [0.15, 0.2) is 24.3 Å². The topological polar surface area (TPSA) is 75.6 Å². The van der Waals surface area contributed by atoms with Crippen LogP contribution in [0.25, 0.3) is 0 Å². The highest BCUT2D eigenvalue weighted by molar-refractivity contribution is 5.80. The average molecular weight is 277 g/mol. The lowest BCUT2D eigenvalue weighted by Gasteiger charge is -2.12. The minimum Gasteiger partial charge on any atom is -0.493 e. The Kier molecular flexibility index (Phi) is 4.27. The van der Waals surface area contributed by atoms with Crippen LogP contribution >= 0.6 is 0 Å². The van der Waals surface area contributed by atoms with Crippen molar-refractivity contribution in [1.82, 2.24) is 5.32 Å². The maximum absolute atomic E-state index is 11.6. The van der Waals surface area contributed by atoms with Gasteiger partial charge in [-0.25, -0.2) is 0 Å². The van der Waals surface area contributed by atoms with Crippen LogP contribution in [-0.2, 0) is 9.59 Å². The van der Waals surface area contributed by atoms with E-state index in [0.717, 1.165) is 11.3 Å². The first-order valence-corrected chi connectivity index (χ1v) is 6.72. The van der Waals surface area contributed by atoms with E-state index in [1.807, 2.05) is 31.2 Å². The van der Waals surface area contributed by atoms with Gasteiger partial charge >= 0.3 is 5.97 Å². The summed E-state index contributed by atoms with van der Waals surface area (Å²) in [5, 5.41) is 11.7. The SMILES string of the molecule is Cc1ccccc1OCCC(=O)NCC1(C(=O)O)CC1. The highest BCUT2D eigenvalue weighted by Gasteiger charge is 2.50.